The van der Waals surface area contributed by atoms with Gasteiger partial charge >= 0.3 is 0 Å². The van der Waals surface area contributed by atoms with Gasteiger partial charge in [0.2, 0.25) is 11.8 Å². The van der Waals surface area contributed by atoms with Crippen molar-refractivity contribution in [1.82, 2.24) is 9.88 Å². The van der Waals surface area contributed by atoms with Gasteiger partial charge in [-0.2, -0.15) is 5.26 Å². The molecule has 1 fully saturated rings. The van der Waals surface area contributed by atoms with Gasteiger partial charge in [0.25, 0.3) is 0 Å². The average Bonchev–Trinajstić information content (AvgIpc) is 3.19. The second-order valence-electron chi connectivity index (χ2n) is 8.83. The van der Waals surface area contributed by atoms with Gasteiger partial charge in [-0.25, -0.2) is 8.78 Å². The molecule has 0 radical (unpaired) electrons. The number of aliphatic hydroxyl groups excluding tert-OH is 3. The van der Waals surface area contributed by atoms with Gasteiger partial charge in [0.1, 0.15) is 30.1 Å². The van der Waals surface area contributed by atoms with Gasteiger partial charge in [-0.1, -0.05) is 38.1 Å². The Kier molecular flexibility index (Phi) is 7.93. The molecule has 7 atom stereocenters. The normalized spacial score (nSPS) is 29.1. The SMILES string of the molecule is CCC(CC)C(=O)N[C@H]1[C@H]([C@H](O)[C@H](O)CO)OC(C)(F)C(F)[C@@H]1n1cc2ccccc2c1C#N. The highest BCUT2D eigenvalue weighted by Gasteiger charge is 2.57. The number of fused-ring (bicyclic) bond motifs is 1. The van der Waals surface area contributed by atoms with E-state index in [2.05, 4.69) is 5.32 Å². The molecular formula is C24H31F2N3O5. The van der Waals surface area contributed by atoms with E-state index in [1.165, 1.54) is 10.8 Å². The highest BCUT2D eigenvalue weighted by molar-refractivity contribution is 5.87. The summed E-state index contributed by atoms with van der Waals surface area (Å²) in [6.07, 6.45) is -5.07. The molecule has 4 N–H and O–H groups in total. The fourth-order valence-electron chi connectivity index (χ4n) is 4.65. The van der Waals surface area contributed by atoms with E-state index in [1.54, 1.807) is 24.3 Å². The molecule has 1 aliphatic rings. The van der Waals surface area contributed by atoms with Crippen molar-refractivity contribution < 1.29 is 33.6 Å². The first-order valence-corrected chi connectivity index (χ1v) is 11.4. The Bertz CT molecular complexity index is 1050. The number of amides is 1. The van der Waals surface area contributed by atoms with Gasteiger partial charge in [0, 0.05) is 22.9 Å². The Morgan fingerprint density at radius 1 is 1.32 bits per heavy atom. The van der Waals surface area contributed by atoms with Crippen LogP contribution in [-0.4, -0.2) is 68.8 Å². The van der Waals surface area contributed by atoms with Crippen LogP contribution in [-0.2, 0) is 9.53 Å². The molecule has 186 valence electrons. The number of hydrogen-bond acceptors (Lipinski definition) is 6. The molecule has 3 rings (SSSR count). The third-order valence-corrected chi connectivity index (χ3v) is 6.64. The molecule has 2 unspecified atom stereocenters. The van der Waals surface area contributed by atoms with E-state index >= 15 is 8.78 Å². The van der Waals surface area contributed by atoms with Crippen LogP contribution in [0.5, 0.6) is 0 Å². The number of rotatable bonds is 8. The van der Waals surface area contributed by atoms with Crippen molar-refractivity contribution in [2.45, 2.75) is 76.0 Å². The molecule has 2 heterocycles. The molecule has 1 aromatic heterocycles. The second kappa shape index (κ2) is 10.4. The monoisotopic (exact) mass is 479 g/mol. The van der Waals surface area contributed by atoms with Crippen molar-refractivity contribution >= 4 is 16.7 Å². The Morgan fingerprint density at radius 2 is 1.97 bits per heavy atom. The van der Waals surface area contributed by atoms with Gasteiger partial charge in [-0.15, -0.1) is 0 Å². The number of benzene rings is 1. The van der Waals surface area contributed by atoms with Gasteiger partial charge in [0.05, 0.1) is 18.7 Å². The first kappa shape index (κ1) is 26.0. The second-order valence-corrected chi connectivity index (χ2v) is 8.83. The van der Waals surface area contributed by atoms with Crippen molar-refractivity contribution in [3.63, 3.8) is 0 Å². The summed E-state index contributed by atoms with van der Waals surface area (Å²) in [4.78, 5) is 13.0. The van der Waals surface area contributed by atoms with E-state index in [0.29, 0.717) is 23.6 Å². The van der Waals surface area contributed by atoms with Crippen molar-refractivity contribution in [3.05, 3.63) is 36.2 Å². The first-order valence-electron chi connectivity index (χ1n) is 11.4. The maximum absolute atomic E-state index is 15.8. The molecule has 1 aliphatic heterocycles. The van der Waals surface area contributed by atoms with Crippen molar-refractivity contribution in [2.24, 2.45) is 5.92 Å². The molecule has 2 aromatic rings. The van der Waals surface area contributed by atoms with Crippen LogP contribution in [0.3, 0.4) is 0 Å². The number of aliphatic hydroxyl groups is 3. The summed E-state index contributed by atoms with van der Waals surface area (Å²) in [5.41, 5.74) is 0.0543. The van der Waals surface area contributed by atoms with E-state index in [0.717, 1.165) is 6.92 Å². The molecule has 1 aromatic carbocycles. The molecule has 0 bridgehead atoms. The number of carbonyl (C=O) groups is 1. The maximum Gasteiger partial charge on any atom is 0.240 e. The highest BCUT2D eigenvalue weighted by Crippen LogP contribution is 2.43. The summed E-state index contributed by atoms with van der Waals surface area (Å²) in [5.74, 6) is -3.81. The fraction of sp³-hybridized carbons (Fsp3) is 0.583. The number of ether oxygens (including phenoxy) is 1. The zero-order valence-electron chi connectivity index (χ0n) is 19.4. The minimum absolute atomic E-state index is 0.0543. The van der Waals surface area contributed by atoms with Crippen LogP contribution < -0.4 is 5.32 Å². The molecule has 0 saturated carbocycles. The van der Waals surface area contributed by atoms with Gasteiger partial charge < -0.3 is 29.9 Å². The Balaban J connectivity index is 2.19. The van der Waals surface area contributed by atoms with Gasteiger partial charge in [0.15, 0.2) is 6.17 Å². The lowest BCUT2D eigenvalue weighted by Crippen LogP contribution is -2.67. The largest absolute Gasteiger partial charge is 0.394 e. The summed E-state index contributed by atoms with van der Waals surface area (Å²) in [7, 11) is 0. The molecule has 1 amide bonds. The highest BCUT2D eigenvalue weighted by atomic mass is 19.2. The fourth-order valence-corrected chi connectivity index (χ4v) is 4.65. The number of nitrogens with one attached hydrogen (secondary N) is 1. The van der Waals surface area contributed by atoms with Crippen LogP contribution >= 0.6 is 0 Å². The Hall–Kier alpha value is -2.58. The minimum atomic E-state index is -2.93. The molecule has 8 nitrogen and oxygen atoms in total. The number of halogens is 2. The average molecular weight is 480 g/mol. The van der Waals surface area contributed by atoms with Crippen LogP contribution in [0.4, 0.5) is 8.78 Å². The maximum atomic E-state index is 15.8. The third kappa shape index (κ3) is 4.66. The predicted octanol–water partition coefficient (Wildman–Crippen LogP) is 2.11. The van der Waals surface area contributed by atoms with Gasteiger partial charge in [-0.3, -0.25) is 4.79 Å². The lowest BCUT2D eigenvalue weighted by atomic mass is 9.85. The van der Waals surface area contributed by atoms with E-state index < -0.39 is 60.9 Å². The smallest absolute Gasteiger partial charge is 0.240 e. The number of hydrogen-bond donors (Lipinski definition) is 4. The number of carbonyl (C=O) groups excluding carboxylic acids is 1. The van der Waals surface area contributed by atoms with E-state index in [-0.39, 0.29) is 5.69 Å². The molecule has 1 saturated heterocycles. The number of nitrogens with zero attached hydrogens (tertiary/aromatic N) is 2. The Morgan fingerprint density at radius 3 is 2.56 bits per heavy atom. The van der Waals surface area contributed by atoms with Crippen LogP contribution in [0.1, 0.15) is 45.3 Å². The van der Waals surface area contributed by atoms with E-state index in [9.17, 15) is 25.4 Å². The van der Waals surface area contributed by atoms with Crippen LogP contribution in [0.15, 0.2) is 30.5 Å². The van der Waals surface area contributed by atoms with E-state index in [4.69, 9.17) is 4.74 Å². The minimum Gasteiger partial charge on any atom is -0.394 e. The molecular weight excluding hydrogens is 448 g/mol. The third-order valence-electron chi connectivity index (χ3n) is 6.64. The lowest BCUT2D eigenvalue weighted by Gasteiger charge is -2.48. The zero-order valence-corrected chi connectivity index (χ0v) is 19.4. The Labute approximate surface area is 196 Å². The topological polar surface area (TPSA) is 128 Å². The first-order chi connectivity index (χ1) is 16.1. The molecule has 34 heavy (non-hydrogen) atoms. The zero-order chi connectivity index (χ0) is 25.2. The number of alkyl halides is 2. The predicted molar refractivity (Wildman–Crippen MR) is 120 cm³/mol. The quantitative estimate of drug-likeness (QED) is 0.459. The summed E-state index contributed by atoms with van der Waals surface area (Å²) in [6.45, 7) is 3.61. The van der Waals surface area contributed by atoms with Gasteiger partial charge in [-0.05, 0) is 19.8 Å². The van der Waals surface area contributed by atoms with Crippen molar-refractivity contribution in [1.29, 1.82) is 5.26 Å². The molecule has 0 aliphatic carbocycles. The number of nitriles is 1. The molecule has 10 heteroatoms. The van der Waals surface area contributed by atoms with Crippen molar-refractivity contribution in [2.75, 3.05) is 6.61 Å². The van der Waals surface area contributed by atoms with E-state index in [1.807, 2.05) is 19.9 Å². The molecule has 0 spiro atoms. The lowest BCUT2D eigenvalue weighted by molar-refractivity contribution is -0.278. The summed E-state index contributed by atoms with van der Waals surface area (Å²) >= 11 is 0. The standard InChI is InChI=1S/C24H31F2N3O5/c1-4-13(5-2)23(33)28-18-19(29-11-14-8-6-7-9-15(14)16(29)10-27)22(25)24(3,26)34-21(18)20(32)17(31)12-30/h6-9,11,13,17-22,30-32H,4-5,12H2,1-3H3,(H,28,33)/t17-,18-,19-,20-,21-,22?,24?/m1/s1. The summed E-state index contributed by atoms with van der Waals surface area (Å²) in [6, 6.07) is 6.01. The van der Waals surface area contributed by atoms with Crippen LogP contribution in [0, 0.1) is 17.2 Å². The summed E-state index contributed by atoms with van der Waals surface area (Å²) in [5, 5.41) is 43.8. The van der Waals surface area contributed by atoms with Crippen molar-refractivity contribution in [3.8, 4) is 6.07 Å². The summed E-state index contributed by atoms with van der Waals surface area (Å²) < 4.78 is 37.7. The van der Waals surface area contributed by atoms with Crippen LogP contribution in [0.25, 0.3) is 10.8 Å². The van der Waals surface area contributed by atoms with Crippen LogP contribution in [0.2, 0.25) is 0 Å². The number of aromatic nitrogens is 1.